The zero-order valence-electron chi connectivity index (χ0n) is 17.2. The fourth-order valence-electron chi connectivity index (χ4n) is 4.50. The quantitative estimate of drug-likeness (QED) is 0.693. The van der Waals surface area contributed by atoms with Crippen LogP contribution in [0.3, 0.4) is 0 Å². The van der Waals surface area contributed by atoms with Crippen LogP contribution in [0, 0.1) is 17.1 Å². The number of hydrogen-bond acceptors (Lipinski definition) is 8. The Kier molecular flexibility index (Phi) is 4.87. The molecule has 3 aliphatic rings. The molecule has 32 heavy (non-hydrogen) atoms. The largest absolute Gasteiger partial charge is 0.492 e. The second-order valence-electron chi connectivity index (χ2n) is 8.09. The van der Waals surface area contributed by atoms with Gasteiger partial charge in [0.2, 0.25) is 11.3 Å². The number of methoxy groups -OCH3 is 1. The van der Waals surface area contributed by atoms with E-state index in [1.807, 2.05) is 10.6 Å². The van der Waals surface area contributed by atoms with Gasteiger partial charge in [0, 0.05) is 25.7 Å². The van der Waals surface area contributed by atoms with Crippen LogP contribution >= 0.6 is 11.8 Å². The van der Waals surface area contributed by atoms with Crippen LogP contribution in [0.25, 0.3) is 10.9 Å². The smallest absolute Gasteiger partial charge is 0.236 e. The summed E-state index contributed by atoms with van der Waals surface area (Å²) in [6.07, 6.45) is 1.67. The summed E-state index contributed by atoms with van der Waals surface area (Å²) >= 11 is 1.06. The summed E-state index contributed by atoms with van der Waals surface area (Å²) < 4.78 is 23.0. The molecule has 5 rings (SSSR count). The van der Waals surface area contributed by atoms with Gasteiger partial charge in [-0.15, -0.1) is 0 Å². The molecule has 1 amide bonds. The molecule has 2 aliphatic heterocycles. The Hall–Kier alpha value is -3.10. The summed E-state index contributed by atoms with van der Waals surface area (Å²) in [4.78, 5) is 39.4. The van der Waals surface area contributed by atoms with E-state index in [-0.39, 0.29) is 35.0 Å². The first kappa shape index (κ1) is 20.8. The Morgan fingerprint density at radius 2 is 2.16 bits per heavy atom. The van der Waals surface area contributed by atoms with E-state index in [2.05, 4.69) is 5.32 Å². The maximum absolute atomic E-state index is 15.5. The first-order valence-electron chi connectivity index (χ1n) is 10.2. The van der Waals surface area contributed by atoms with Crippen LogP contribution in [-0.2, 0) is 4.79 Å². The average Bonchev–Trinajstić information content (AvgIpc) is 3.56. The molecule has 2 fully saturated rings. The third-order valence-electron chi connectivity index (χ3n) is 6.11. The highest BCUT2D eigenvalue weighted by atomic mass is 32.2. The van der Waals surface area contributed by atoms with E-state index in [0.29, 0.717) is 23.6 Å². The number of ketones is 1. The second kappa shape index (κ2) is 7.50. The van der Waals surface area contributed by atoms with E-state index in [4.69, 9.17) is 10.5 Å². The Morgan fingerprint density at radius 1 is 1.41 bits per heavy atom. The fraction of sp³-hybridized carbons (Fsp3) is 0.429. The van der Waals surface area contributed by atoms with Gasteiger partial charge < -0.3 is 25.3 Å². The van der Waals surface area contributed by atoms with Crippen LogP contribution in [-0.4, -0.2) is 54.3 Å². The number of thioether (sulfide) groups is 1. The van der Waals surface area contributed by atoms with E-state index in [0.717, 1.165) is 30.7 Å². The van der Waals surface area contributed by atoms with Gasteiger partial charge in [-0.05, 0) is 18.9 Å². The van der Waals surface area contributed by atoms with E-state index in [1.54, 1.807) is 4.90 Å². The molecule has 2 atom stereocenters. The summed E-state index contributed by atoms with van der Waals surface area (Å²) in [6.45, 7) is 0.976. The zero-order valence-corrected chi connectivity index (χ0v) is 18.0. The molecule has 1 aromatic carbocycles. The molecule has 0 spiro atoms. The van der Waals surface area contributed by atoms with Crippen LogP contribution in [0.15, 0.2) is 15.9 Å². The molecule has 3 N–H and O–H groups in total. The van der Waals surface area contributed by atoms with Gasteiger partial charge in [-0.3, -0.25) is 14.4 Å². The standard InChI is InChI=1S/C21H20FN5O4S/c1-31-19-15-10(6-11(22)16(19)26-5-4-25-12(8-26)20(24)30)17(28)14-18(29)13(7-23)32-21(14)27(15)9-2-3-9/h6,9,12-13,25H,2-5,8H2,1H3,(H2,24,30). The number of halogens is 1. The highest BCUT2D eigenvalue weighted by molar-refractivity contribution is 8.01. The molecule has 3 heterocycles. The number of aromatic nitrogens is 1. The molecule has 1 aromatic heterocycles. The maximum atomic E-state index is 15.5. The third-order valence-corrected chi connectivity index (χ3v) is 7.29. The van der Waals surface area contributed by atoms with Crippen LogP contribution in [0.4, 0.5) is 10.1 Å². The van der Waals surface area contributed by atoms with E-state index in [1.165, 1.54) is 7.11 Å². The molecule has 1 saturated carbocycles. The first-order valence-corrected chi connectivity index (χ1v) is 11.1. The molecule has 2 aromatic rings. The topological polar surface area (TPSA) is 130 Å². The van der Waals surface area contributed by atoms with Gasteiger partial charge in [-0.1, -0.05) is 11.8 Å². The average molecular weight is 457 g/mol. The van der Waals surface area contributed by atoms with E-state index < -0.39 is 34.2 Å². The number of nitrogens with one attached hydrogen (secondary N) is 1. The number of amides is 1. The van der Waals surface area contributed by atoms with Crippen molar-refractivity contribution in [1.29, 1.82) is 5.26 Å². The third kappa shape index (κ3) is 2.97. The molecule has 1 aliphatic carbocycles. The number of carbonyl (C=O) groups excluding carboxylic acids is 2. The van der Waals surface area contributed by atoms with Crippen molar-refractivity contribution in [2.45, 2.75) is 35.2 Å². The Labute approximate surface area is 186 Å². The van der Waals surface area contributed by atoms with Crippen molar-refractivity contribution in [3.63, 3.8) is 0 Å². The van der Waals surface area contributed by atoms with E-state index in [9.17, 15) is 19.6 Å². The summed E-state index contributed by atoms with van der Waals surface area (Å²) in [5, 5.41) is 11.9. The predicted octanol–water partition coefficient (Wildman–Crippen LogP) is 0.928. The van der Waals surface area contributed by atoms with Gasteiger partial charge in [0.15, 0.2) is 22.6 Å². The SMILES string of the molecule is COc1c(N2CCNC(C(N)=O)C2)c(F)cc2c(=O)c3c(n(C4CC4)c12)SC(C#N)C3=O. The summed E-state index contributed by atoms with van der Waals surface area (Å²) in [5.74, 6) is -1.59. The maximum Gasteiger partial charge on any atom is 0.236 e. The van der Waals surface area contributed by atoms with Gasteiger partial charge in [0.1, 0.15) is 11.7 Å². The first-order chi connectivity index (χ1) is 15.4. The van der Waals surface area contributed by atoms with Crippen molar-refractivity contribution >= 4 is 40.0 Å². The molecule has 0 radical (unpaired) electrons. The van der Waals surface area contributed by atoms with Crippen molar-refractivity contribution in [1.82, 2.24) is 9.88 Å². The number of piperazine rings is 1. The van der Waals surface area contributed by atoms with Gasteiger partial charge in [-0.2, -0.15) is 5.26 Å². The molecule has 166 valence electrons. The summed E-state index contributed by atoms with van der Waals surface area (Å²) in [6, 6.07) is 2.45. The van der Waals surface area contributed by atoms with Gasteiger partial charge in [-0.25, -0.2) is 4.39 Å². The molecular weight excluding hydrogens is 437 g/mol. The number of Topliss-reactive ketones (excluding diaryl/α,β-unsaturated/α-hetero) is 1. The van der Waals surface area contributed by atoms with Crippen molar-refractivity contribution in [3.05, 3.63) is 27.7 Å². The number of hydrogen-bond donors (Lipinski definition) is 2. The number of primary amides is 1. The summed E-state index contributed by atoms with van der Waals surface area (Å²) in [7, 11) is 1.40. The van der Waals surface area contributed by atoms with Crippen molar-refractivity contribution < 1.29 is 18.7 Å². The molecule has 2 unspecified atom stereocenters. The molecule has 9 nitrogen and oxygen atoms in total. The number of nitrogens with zero attached hydrogens (tertiary/aromatic N) is 3. The lowest BCUT2D eigenvalue weighted by Gasteiger charge is -2.35. The minimum Gasteiger partial charge on any atom is -0.492 e. The fourth-order valence-corrected chi connectivity index (χ4v) is 5.67. The number of anilines is 1. The normalized spacial score (nSPS) is 22.7. The lowest BCUT2D eigenvalue weighted by atomic mass is 10.0. The lowest BCUT2D eigenvalue weighted by molar-refractivity contribution is -0.120. The lowest BCUT2D eigenvalue weighted by Crippen LogP contribution is -2.56. The number of pyridine rings is 1. The minimum atomic E-state index is -1.00. The highest BCUT2D eigenvalue weighted by Crippen LogP contribution is 2.49. The Bertz CT molecular complexity index is 1280. The predicted molar refractivity (Wildman–Crippen MR) is 116 cm³/mol. The van der Waals surface area contributed by atoms with Crippen LogP contribution in [0.5, 0.6) is 5.75 Å². The number of rotatable bonds is 4. The molecular formula is C21H20FN5O4S. The van der Waals surface area contributed by atoms with Gasteiger partial charge >= 0.3 is 0 Å². The number of benzene rings is 1. The zero-order chi connectivity index (χ0) is 22.7. The van der Waals surface area contributed by atoms with Gasteiger partial charge in [0.05, 0.1) is 34.7 Å². The number of ether oxygens (including phenoxy) is 1. The van der Waals surface area contributed by atoms with Gasteiger partial charge in [0.25, 0.3) is 0 Å². The van der Waals surface area contributed by atoms with Crippen LogP contribution in [0.2, 0.25) is 0 Å². The molecule has 1 saturated heterocycles. The molecule has 0 bridgehead atoms. The highest BCUT2D eigenvalue weighted by Gasteiger charge is 2.42. The molecule has 11 heteroatoms. The number of carbonyl (C=O) groups is 2. The summed E-state index contributed by atoms with van der Waals surface area (Å²) in [5.41, 5.74) is 5.35. The second-order valence-corrected chi connectivity index (χ2v) is 9.19. The van der Waals surface area contributed by atoms with Crippen molar-refractivity contribution in [2.24, 2.45) is 5.73 Å². The van der Waals surface area contributed by atoms with Crippen molar-refractivity contribution in [2.75, 3.05) is 31.6 Å². The monoisotopic (exact) mass is 457 g/mol. The number of nitrogens with two attached hydrogens (primary N) is 1. The van der Waals surface area contributed by atoms with Crippen LogP contribution < -0.4 is 26.1 Å². The number of nitriles is 1. The van der Waals surface area contributed by atoms with Crippen LogP contribution in [0.1, 0.15) is 29.2 Å². The number of fused-ring (bicyclic) bond motifs is 2. The minimum absolute atomic E-state index is 0.0261. The Morgan fingerprint density at radius 3 is 2.78 bits per heavy atom. The Balaban J connectivity index is 1.80. The van der Waals surface area contributed by atoms with E-state index >= 15 is 4.39 Å². The van der Waals surface area contributed by atoms with Crippen molar-refractivity contribution in [3.8, 4) is 11.8 Å².